The standard InChI is InChI=1S/C19H25NO/c1-12-3-8-18-17-6-4-13-11-14(21)5-7-15(13)16(17)9-10-19(18,2)20-12/h5,7,11,16-18,20-21H,1,3-4,6,8-10H2,2H3/t16-,17?,18+,19?/m1/s1. The molecule has 0 amide bonds. The van der Waals surface area contributed by atoms with E-state index in [2.05, 4.69) is 24.9 Å². The number of allylic oxidation sites excluding steroid dienone is 1. The van der Waals surface area contributed by atoms with Crippen LogP contribution in [0.3, 0.4) is 0 Å². The van der Waals surface area contributed by atoms with Crippen LogP contribution >= 0.6 is 0 Å². The summed E-state index contributed by atoms with van der Waals surface area (Å²) in [6, 6.07) is 6.04. The molecule has 2 N–H and O–H groups in total. The molecule has 1 aromatic carbocycles. The number of phenols is 1. The van der Waals surface area contributed by atoms with Gasteiger partial charge in [0.2, 0.25) is 0 Å². The third kappa shape index (κ3) is 1.99. The van der Waals surface area contributed by atoms with Crippen LogP contribution < -0.4 is 5.32 Å². The van der Waals surface area contributed by atoms with Gasteiger partial charge in [0.05, 0.1) is 0 Å². The number of aromatic hydroxyl groups is 1. The van der Waals surface area contributed by atoms with Crippen molar-refractivity contribution >= 4 is 0 Å². The summed E-state index contributed by atoms with van der Waals surface area (Å²) < 4.78 is 0. The molecule has 112 valence electrons. The average Bonchev–Trinajstić information content (AvgIpc) is 2.45. The van der Waals surface area contributed by atoms with Gasteiger partial charge in [-0.15, -0.1) is 0 Å². The third-order valence-electron chi connectivity index (χ3n) is 6.32. The first-order valence-corrected chi connectivity index (χ1v) is 8.34. The maximum absolute atomic E-state index is 9.72. The summed E-state index contributed by atoms with van der Waals surface area (Å²) >= 11 is 0. The Morgan fingerprint density at radius 1 is 1.24 bits per heavy atom. The van der Waals surface area contributed by atoms with Crippen molar-refractivity contribution in [2.45, 2.75) is 56.9 Å². The van der Waals surface area contributed by atoms with E-state index >= 15 is 0 Å². The quantitative estimate of drug-likeness (QED) is 0.751. The lowest BCUT2D eigenvalue weighted by atomic mass is 9.55. The van der Waals surface area contributed by atoms with Crippen molar-refractivity contribution in [3.63, 3.8) is 0 Å². The van der Waals surface area contributed by atoms with E-state index in [0.29, 0.717) is 11.7 Å². The van der Waals surface area contributed by atoms with Crippen molar-refractivity contribution < 1.29 is 5.11 Å². The molecule has 4 rings (SSSR count). The van der Waals surface area contributed by atoms with Gasteiger partial charge in [0.1, 0.15) is 5.75 Å². The van der Waals surface area contributed by atoms with Crippen LogP contribution in [0.4, 0.5) is 0 Å². The molecule has 2 nitrogen and oxygen atoms in total. The Balaban J connectivity index is 1.69. The fourth-order valence-corrected chi connectivity index (χ4v) is 5.37. The van der Waals surface area contributed by atoms with Crippen molar-refractivity contribution in [2.24, 2.45) is 11.8 Å². The second-order valence-electron chi connectivity index (χ2n) is 7.52. The second kappa shape index (κ2) is 4.53. The first kappa shape index (κ1) is 13.2. The summed E-state index contributed by atoms with van der Waals surface area (Å²) in [4.78, 5) is 0. The molecule has 2 fully saturated rings. The normalized spacial score (nSPS) is 38.0. The number of aryl methyl sites for hydroxylation is 1. The summed E-state index contributed by atoms with van der Waals surface area (Å²) in [5.74, 6) is 2.68. The lowest BCUT2D eigenvalue weighted by Crippen LogP contribution is -2.57. The Morgan fingerprint density at radius 2 is 2.10 bits per heavy atom. The fraction of sp³-hybridized carbons (Fsp3) is 0.579. The van der Waals surface area contributed by atoms with E-state index in [1.165, 1.54) is 42.5 Å². The molecule has 21 heavy (non-hydrogen) atoms. The molecule has 2 aliphatic carbocycles. The zero-order valence-electron chi connectivity index (χ0n) is 12.9. The number of hydrogen-bond acceptors (Lipinski definition) is 2. The minimum atomic E-state index is 0.255. The predicted molar refractivity (Wildman–Crippen MR) is 85.3 cm³/mol. The van der Waals surface area contributed by atoms with Gasteiger partial charge in [0, 0.05) is 11.2 Å². The minimum Gasteiger partial charge on any atom is -0.508 e. The number of phenolic OH excluding ortho intramolecular Hbond substituents is 1. The summed E-state index contributed by atoms with van der Waals surface area (Å²) in [6.07, 6.45) is 7.31. The summed E-state index contributed by atoms with van der Waals surface area (Å²) in [7, 11) is 0. The van der Waals surface area contributed by atoms with Crippen molar-refractivity contribution in [2.75, 3.05) is 0 Å². The van der Waals surface area contributed by atoms with Gasteiger partial charge in [-0.05, 0) is 86.5 Å². The van der Waals surface area contributed by atoms with Crippen LogP contribution in [0.2, 0.25) is 0 Å². The van der Waals surface area contributed by atoms with E-state index in [1.54, 1.807) is 0 Å². The number of nitrogens with one attached hydrogen (secondary N) is 1. The minimum absolute atomic E-state index is 0.255. The van der Waals surface area contributed by atoms with Gasteiger partial charge in [-0.1, -0.05) is 12.6 Å². The highest BCUT2D eigenvalue weighted by molar-refractivity contribution is 5.40. The molecule has 0 spiro atoms. The number of piperidine rings is 1. The van der Waals surface area contributed by atoms with Gasteiger partial charge in [-0.2, -0.15) is 0 Å². The number of hydrogen-bond donors (Lipinski definition) is 2. The Labute approximate surface area is 127 Å². The van der Waals surface area contributed by atoms with E-state index in [9.17, 15) is 5.11 Å². The van der Waals surface area contributed by atoms with Crippen LogP contribution in [0.5, 0.6) is 5.75 Å². The molecule has 2 unspecified atom stereocenters. The zero-order valence-corrected chi connectivity index (χ0v) is 12.9. The van der Waals surface area contributed by atoms with Crippen LogP contribution in [0.15, 0.2) is 30.5 Å². The highest BCUT2D eigenvalue weighted by Gasteiger charge is 2.49. The molecule has 1 saturated heterocycles. The summed E-state index contributed by atoms with van der Waals surface area (Å²) in [5, 5.41) is 13.4. The monoisotopic (exact) mass is 283 g/mol. The SMILES string of the molecule is C=C1CC[C@H]2C3CCc4cc(O)ccc4[C@H]3CCC2(C)N1. The molecule has 1 saturated carbocycles. The maximum Gasteiger partial charge on any atom is 0.115 e. The van der Waals surface area contributed by atoms with Crippen LogP contribution in [0.25, 0.3) is 0 Å². The van der Waals surface area contributed by atoms with Crippen molar-refractivity contribution in [3.05, 3.63) is 41.6 Å². The summed E-state index contributed by atoms with van der Waals surface area (Å²) in [6.45, 7) is 6.57. The van der Waals surface area contributed by atoms with E-state index in [4.69, 9.17) is 0 Å². The van der Waals surface area contributed by atoms with Crippen LogP contribution in [-0.4, -0.2) is 10.6 Å². The lowest BCUT2D eigenvalue weighted by molar-refractivity contribution is 0.0525. The predicted octanol–water partition coefficient (Wildman–Crippen LogP) is 4.10. The molecule has 3 aliphatic rings. The Kier molecular flexibility index (Phi) is 2.85. The Hall–Kier alpha value is -1.44. The highest BCUT2D eigenvalue weighted by Crippen LogP contribution is 2.54. The lowest BCUT2D eigenvalue weighted by Gasteiger charge is -2.55. The number of benzene rings is 1. The van der Waals surface area contributed by atoms with E-state index in [1.807, 2.05) is 12.1 Å². The van der Waals surface area contributed by atoms with Crippen molar-refractivity contribution in [1.29, 1.82) is 0 Å². The zero-order chi connectivity index (χ0) is 14.6. The van der Waals surface area contributed by atoms with Crippen LogP contribution in [0, 0.1) is 11.8 Å². The number of fused-ring (bicyclic) bond motifs is 5. The third-order valence-corrected chi connectivity index (χ3v) is 6.32. The molecule has 0 aromatic heterocycles. The largest absolute Gasteiger partial charge is 0.508 e. The van der Waals surface area contributed by atoms with Crippen molar-refractivity contribution in [1.82, 2.24) is 5.32 Å². The highest BCUT2D eigenvalue weighted by atomic mass is 16.3. The molecule has 1 aromatic rings. The first-order chi connectivity index (χ1) is 10.1. The Bertz CT molecular complexity index is 593. The fourth-order valence-electron chi connectivity index (χ4n) is 5.37. The molecular weight excluding hydrogens is 258 g/mol. The molecular formula is C19H25NO. The van der Waals surface area contributed by atoms with E-state index in [-0.39, 0.29) is 5.54 Å². The van der Waals surface area contributed by atoms with Gasteiger partial charge in [-0.25, -0.2) is 0 Å². The topological polar surface area (TPSA) is 32.3 Å². The van der Waals surface area contributed by atoms with Crippen LogP contribution in [0.1, 0.15) is 56.1 Å². The molecule has 1 aliphatic heterocycles. The van der Waals surface area contributed by atoms with Gasteiger partial charge >= 0.3 is 0 Å². The Morgan fingerprint density at radius 3 is 2.95 bits per heavy atom. The summed E-state index contributed by atoms with van der Waals surface area (Å²) in [5.41, 5.74) is 4.38. The molecule has 0 radical (unpaired) electrons. The molecule has 1 heterocycles. The van der Waals surface area contributed by atoms with Gasteiger partial charge < -0.3 is 10.4 Å². The average molecular weight is 283 g/mol. The number of rotatable bonds is 0. The smallest absolute Gasteiger partial charge is 0.115 e. The molecule has 0 bridgehead atoms. The van der Waals surface area contributed by atoms with Crippen molar-refractivity contribution in [3.8, 4) is 5.75 Å². The van der Waals surface area contributed by atoms with Crippen LogP contribution in [-0.2, 0) is 6.42 Å². The van der Waals surface area contributed by atoms with E-state index < -0.39 is 0 Å². The van der Waals surface area contributed by atoms with E-state index in [0.717, 1.165) is 24.7 Å². The molecule has 2 heteroatoms. The molecule has 4 atom stereocenters. The van der Waals surface area contributed by atoms with Gasteiger partial charge in [0.25, 0.3) is 0 Å². The van der Waals surface area contributed by atoms with Gasteiger partial charge in [-0.3, -0.25) is 0 Å². The maximum atomic E-state index is 9.72. The second-order valence-corrected chi connectivity index (χ2v) is 7.52. The van der Waals surface area contributed by atoms with Gasteiger partial charge in [0.15, 0.2) is 0 Å². The first-order valence-electron chi connectivity index (χ1n) is 8.34.